The third-order valence-electron chi connectivity index (χ3n) is 4.16. The zero-order chi connectivity index (χ0) is 13.3. The van der Waals surface area contributed by atoms with Gasteiger partial charge in [0.1, 0.15) is 0 Å². The zero-order valence-corrected chi connectivity index (χ0v) is 13.1. The van der Waals surface area contributed by atoms with Crippen LogP contribution >= 0.6 is 27.5 Å². The van der Waals surface area contributed by atoms with E-state index in [1.807, 2.05) is 12.1 Å². The van der Waals surface area contributed by atoms with Crippen molar-refractivity contribution in [2.75, 3.05) is 0 Å². The van der Waals surface area contributed by atoms with Crippen molar-refractivity contribution in [2.45, 2.75) is 33.1 Å². The van der Waals surface area contributed by atoms with Crippen LogP contribution in [-0.4, -0.2) is 5.78 Å². The van der Waals surface area contributed by atoms with Gasteiger partial charge in [-0.1, -0.05) is 41.4 Å². The molecule has 0 bridgehead atoms. The fraction of sp³-hybridized carbons (Fsp3) is 0.533. The molecule has 0 N–H and O–H groups in total. The molecule has 0 radical (unpaired) electrons. The lowest BCUT2D eigenvalue weighted by molar-refractivity contribution is 0.0837. The van der Waals surface area contributed by atoms with Crippen molar-refractivity contribution < 1.29 is 4.79 Å². The standard InChI is InChI=1S/C15H18BrClO/c1-9-3-4-11(7-10(9)2)15(18)13-8-12(16)5-6-14(13)17/h5-6,8-11H,3-4,7H2,1-2H3. The Hall–Kier alpha value is -0.340. The molecule has 1 nitrogen and oxygen atoms in total. The number of carbonyl (C=O) groups is 1. The van der Waals surface area contributed by atoms with Gasteiger partial charge in [0.2, 0.25) is 0 Å². The average Bonchev–Trinajstić information content (AvgIpc) is 2.35. The molecular formula is C15H18BrClO. The largest absolute Gasteiger partial charge is 0.294 e. The van der Waals surface area contributed by atoms with Crippen molar-refractivity contribution in [3.63, 3.8) is 0 Å². The summed E-state index contributed by atoms with van der Waals surface area (Å²) in [6, 6.07) is 5.49. The molecule has 3 unspecified atom stereocenters. The van der Waals surface area contributed by atoms with E-state index in [4.69, 9.17) is 11.6 Å². The summed E-state index contributed by atoms with van der Waals surface area (Å²) >= 11 is 9.53. The lowest BCUT2D eigenvalue weighted by Crippen LogP contribution is -2.26. The molecule has 0 amide bonds. The minimum absolute atomic E-state index is 0.142. The predicted molar refractivity (Wildman–Crippen MR) is 79.2 cm³/mol. The lowest BCUT2D eigenvalue weighted by atomic mass is 9.73. The third kappa shape index (κ3) is 2.97. The van der Waals surface area contributed by atoms with Gasteiger partial charge in [-0.15, -0.1) is 0 Å². The quantitative estimate of drug-likeness (QED) is 0.668. The summed E-state index contributed by atoms with van der Waals surface area (Å²) in [5.41, 5.74) is 0.665. The van der Waals surface area contributed by atoms with Gasteiger partial charge in [-0.25, -0.2) is 0 Å². The summed E-state index contributed by atoms with van der Waals surface area (Å²) in [5.74, 6) is 1.70. The predicted octanol–water partition coefficient (Wildman–Crippen LogP) is 5.36. The van der Waals surface area contributed by atoms with Gasteiger partial charge < -0.3 is 0 Å². The summed E-state index contributed by atoms with van der Waals surface area (Å²) in [6.45, 7) is 4.52. The average molecular weight is 330 g/mol. The SMILES string of the molecule is CC1CCC(C(=O)c2cc(Br)ccc2Cl)CC1C. The van der Waals surface area contributed by atoms with Crippen LogP contribution in [0.1, 0.15) is 43.5 Å². The van der Waals surface area contributed by atoms with Crippen LogP contribution in [0.2, 0.25) is 5.02 Å². The number of ketones is 1. The molecule has 2 rings (SSSR count). The van der Waals surface area contributed by atoms with E-state index in [2.05, 4.69) is 29.8 Å². The fourth-order valence-corrected chi connectivity index (χ4v) is 3.26. The molecule has 0 saturated heterocycles. The maximum Gasteiger partial charge on any atom is 0.167 e. The summed E-state index contributed by atoms with van der Waals surface area (Å²) in [7, 11) is 0. The second-order valence-corrected chi connectivity index (χ2v) is 6.78. The first kappa shape index (κ1) is 14.1. The molecule has 98 valence electrons. The number of benzene rings is 1. The van der Waals surface area contributed by atoms with E-state index in [0.717, 1.165) is 29.7 Å². The molecule has 1 aromatic rings. The molecule has 18 heavy (non-hydrogen) atoms. The minimum atomic E-state index is 0.142. The number of hydrogen-bond donors (Lipinski definition) is 0. The Morgan fingerprint density at radius 2 is 2.00 bits per heavy atom. The van der Waals surface area contributed by atoms with Crippen molar-refractivity contribution >= 4 is 33.3 Å². The van der Waals surface area contributed by atoms with Crippen molar-refractivity contribution in [3.8, 4) is 0 Å². The highest BCUT2D eigenvalue weighted by atomic mass is 79.9. The Kier molecular flexibility index (Phi) is 4.50. The first-order valence-corrected chi connectivity index (χ1v) is 7.65. The van der Waals surface area contributed by atoms with Gasteiger partial charge in [0.25, 0.3) is 0 Å². The van der Waals surface area contributed by atoms with Crippen LogP contribution in [0.5, 0.6) is 0 Å². The molecule has 3 atom stereocenters. The second kappa shape index (κ2) is 5.75. The van der Waals surface area contributed by atoms with Gasteiger partial charge >= 0.3 is 0 Å². The molecular weight excluding hydrogens is 312 g/mol. The van der Waals surface area contributed by atoms with Crippen molar-refractivity contribution in [1.29, 1.82) is 0 Å². The van der Waals surface area contributed by atoms with Gasteiger partial charge in [0.15, 0.2) is 5.78 Å². The van der Waals surface area contributed by atoms with Crippen LogP contribution in [0.4, 0.5) is 0 Å². The summed E-state index contributed by atoms with van der Waals surface area (Å²) in [5, 5.41) is 0.564. The Morgan fingerprint density at radius 1 is 1.28 bits per heavy atom. The molecule has 3 heteroatoms. The number of Topliss-reactive ketones (excluding diaryl/α,β-unsaturated/α-hetero) is 1. The number of rotatable bonds is 2. The fourth-order valence-electron chi connectivity index (χ4n) is 2.69. The second-order valence-electron chi connectivity index (χ2n) is 5.45. The Bertz CT molecular complexity index is 458. The van der Waals surface area contributed by atoms with Crippen molar-refractivity contribution in [2.24, 2.45) is 17.8 Å². The van der Waals surface area contributed by atoms with E-state index in [1.165, 1.54) is 0 Å². The Labute approximate surface area is 122 Å². The smallest absolute Gasteiger partial charge is 0.167 e. The highest BCUT2D eigenvalue weighted by Gasteiger charge is 2.30. The van der Waals surface area contributed by atoms with Crippen LogP contribution in [0, 0.1) is 17.8 Å². The number of carbonyl (C=O) groups excluding carboxylic acids is 1. The maximum absolute atomic E-state index is 12.5. The number of halogens is 2. The van der Waals surface area contributed by atoms with E-state index in [9.17, 15) is 4.79 Å². The first-order chi connectivity index (χ1) is 8.49. The van der Waals surface area contributed by atoms with E-state index >= 15 is 0 Å². The van der Waals surface area contributed by atoms with Crippen LogP contribution in [0.25, 0.3) is 0 Å². The molecule has 1 fully saturated rings. The topological polar surface area (TPSA) is 17.1 Å². The van der Waals surface area contributed by atoms with Crippen molar-refractivity contribution in [3.05, 3.63) is 33.3 Å². The maximum atomic E-state index is 12.5. The van der Waals surface area contributed by atoms with Gasteiger partial charge in [-0.2, -0.15) is 0 Å². The molecule has 0 heterocycles. The zero-order valence-electron chi connectivity index (χ0n) is 10.7. The summed E-state index contributed by atoms with van der Waals surface area (Å²) < 4.78 is 0.910. The molecule has 1 aliphatic rings. The van der Waals surface area contributed by atoms with E-state index in [-0.39, 0.29) is 11.7 Å². The van der Waals surface area contributed by atoms with Crippen LogP contribution in [0.15, 0.2) is 22.7 Å². The lowest BCUT2D eigenvalue weighted by Gasteiger charge is -2.31. The molecule has 0 aliphatic heterocycles. The van der Waals surface area contributed by atoms with Crippen molar-refractivity contribution in [1.82, 2.24) is 0 Å². The summed E-state index contributed by atoms with van der Waals surface area (Å²) in [4.78, 5) is 12.5. The number of hydrogen-bond acceptors (Lipinski definition) is 1. The highest BCUT2D eigenvalue weighted by molar-refractivity contribution is 9.10. The third-order valence-corrected chi connectivity index (χ3v) is 4.99. The van der Waals surface area contributed by atoms with Gasteiger partial charge in [-0.3, -0.25) is 4.79 Å². The normalized spacial score (nSPS) is 28.1. The summed E-state index contributed by atoms with van der Waals surface area (Å²) in [6.07, 6.45) is 3.12. The molecule has 1 saturated carbocycles. The van der Waals surface area contributed by atoms with Gasteiger partial charge in [0, 0.05) is 16.0 Å². The molecule has 0 aromatic heterocycles. The van der Waals surface area contributed by atoms with Crippen LogP contribution in [0.3, 0.4) is 0 Å². The minimum Gasteiger partial charge on any atom is -0.294 e. The molecule has 0 spiro atoms. The van der Waals surface area contributed by atoms with E-state index < -0.39 is 0 Å². The van der Waals surface area contributed by atoms with Gasteiger partial charge in [-0.05, 0) is 49.3 Å². The Balaban J connectivity index is 2.19. The van der Waals surface area contributed by atoms with E-state index in [0.29, 0.717) is 16.5 Å². The molecule has 1 aromatic carbocycles. The first-order valence-electron chi connectivity index (χ1n) is 6.48. The monoisotopic (exact) mass is 328 g/mol. The van der Waals surface area contributed by atoms with Crippen LogP contribution < -0.4 is 0 Å². The van der Waals surface area contributed by atoms with Crippen LogP contribution in [-0.2, 0) is 0 Å². The highest BCUT2D eigenvalue weighted by Crippen LogP contribution is 2.36. The van der Waals surface area contributed by atoms with E-state index in [1.54, 1.807) is 6.07 Å². The molecule has 1 aliphatic carbocycles. The Morgan fingerprint density at radius 3 is 2.67 bits per heavy atom. The van der Waals surface area contributed by atoms with Gasteiger partial charge in [0.05, 0.1) is 5.02 Å².